The third-order valence-electron chi connectivity index (χ3n) is 3.40. The molecule has 0 radical (unpaired) electrons. The summed E-state index contributed by atoms with van der Waals surface area (Å²) in [6, 6.07) is 3.25. The highest BCUT2D eigenvalue weighted by Crippen LogP contribution is 2.39. The molecule has 1 unspecified atom stereocenters. The van der Waals surface area contributed by atoms with Crippen LogP contribution in [0.4, 0.5) is 0 Å². The van der Waals surface area contributed by atoms with E-state index in [-0.39, 0.29) is 18.0 Å². The van der Waals surface area contributed by atoms with E-state index in [4.69, 9.17) is 9.84 Å². The molecule has 2 rings (SSSR count). The van der Waals surface area contributed by atoms with Crippen LogP contribution in [0.25, 0.3) is 10.1 Å². The Morgan fingerprint density at radius 3 is 2.62 bits per heavy atom. The van der Waals surface area contributed by atoms with Crippen molar-refractivity contribution in [3.63, 3.8) is 0 Å². The number of fused-ring (bicyclic) bond motifs is 1. The molecule has 2 N–H and O–H groups in total. The summed E-state index contributed by atoms with van der Waals surface area (Å²) < 4.78 is 5.88. The molecule has 21 heavy (non-hydrogen) atoms. The van der Waals surface area contributed by atoms with Crippen LogP contribution in [-0.2, 0) is 4.79 Å². The minimum absolute atomic E-state index is 0.0174. The standard InChI is InChI=1S/C15H16O5S/c1-7(15(18)19)4-11(17)14-8(2)9-5-10(16)12(20-3)6-13(9)21-14/h5-7,16H,4H2,1-3H3,(H,18,19). The fraction of sp³-hybridized carbons (Fsp3) is 0.333. The van der Waals surface area contributed by atoms with Gasteiger partial charge >= 0.3 is 5.97 Å². The molecular weight excluding hydrogens is 292 g/mol. The molecule has 0 saturated carbocycles. The van der Waals surface area contributed by atoms with Crippen molar-refractivity contribution < 1.29 is 24.5 Å². The number of aromatic hydroxyl groups is 1. The van der Waals surface area contributed by atoms with E-state index in [1.807, 2.05) is 0 Å². The molecule has 5 nitrogen and oxygen atoms in total. The Balaban J connectivity index is 2.43. The maximum atomic E-state index is 12.2. The number of phenols is 1. The molecule has 0 aliphatic heterocycles. The van der Waals surface area contributed by atoms with E-state index in [0.29, 0.717) is 10.6 Å². The van der Waals surface area contributed by atoms with Crippen LogP contribution in [0.3, 0.4) is 0 Å². The summed E-state index contributed by atoms with van der Waals surface area (Å²) >= 11 is 1.29. The number of phenolic OH excluding ortho intramolecular Hbond substituents is 1. The Labute approximate surface area is 125 Å². The molecule has 1 atom stereocenters. The highest BCUT2D eigenvalue weighted by molar-refractivity contribution is 7.21. The van der Waals surface area contributed by atoms with Gasteiger partial charge < -0.3 is 14.9 Å². The van der Waals surface area contributed by atoms with E-state index in [9.17, 15) is 14.7 Å². The van der Waals surface area contributed by atoms with Gasteiger partial charge in [-0.15, -0.1) is 11.3 Å². The second-order valence-electron chi connectivity index (χ2n) is 4.94. The Morgan fingerprint density at radius 1 is 1.38 bits per heavy atom. The van der Waals surface area contributed by atoms with Gasteiger partial charge in [0.25, 0.3) is 0 Å². The fourth-order valence-corrected chi connectivity index (χ4v) is 3.29. The number of aryl methyl sites for hydroxylation is 1. The van der Waals surface area contributed by atoms with E-state index in [2.05, 4.69) is 0 Å². The molecule has 1 heterocycles. The van der Waals surface area contributed by atoms with E-state index in [1.165, 1.54) is 25.4 Å². The first-order valence-electron chi connectivity index (χ1n) is 6.41. The number of carboxylic acid groups (broad SMARTS) is 1. The smallest absolute Gasteiger partial charge is 0.306 e. The van der Waals surface area contributed by atoms with Gasteiger partial charge in [0.2, 0.25) is 0 Å². The van der Waals surface area contributed by atoms with Gasteiger partial charge in [-0.2, -0.15) is 0 Å². The largest absolute Gasteiger partial charge is 0.504 e. The summed E-state index contributed by atoms with van der Waals surface area (Å²) in [5, 5.41) is 19.5. The SMILES string of the molecule is COc1cc2sc(C(=O)CC(C)C(=O)O)c(C)c2cc1O. The number of ketones is 1. The van der Waals surface area contributed by atoms with Gasteiger partial charge in [-0.25, -0.2) is 0 Å². The predicted octanol–water partition coefficient (Wildman–Crippen LogP) is 3.22. The lowest BCUT2D eigenvalue weighted by Crippen LogP contribution is -2.14. The summed E-state index contributed by atoms with van der Waals surface area (Å²) in [5.74, 6) is -1.53. The first kappa shape index (κ1) is 15.3. The van der Waals surface area contributed by atoms with Crippen LogP contribution in [0.15, 0.2) is 12.1 Å². The number of aliphatic carboxylic acids is 1. The summed E-state index contributed by atoms with van der Waals surface area (Å²) in [7, 11) is 1.46. The van der Waals surface area contributed by atoms with Crippen LogP contribution in [0.2, 0.25) is 0 Å². The molecule has 0 saturated heterocycles. The number of carbonyl (C=O) groups is 2. The first-order valence-corrected chi connectivity index (χ1v) is 7.23. The van der Waals surface area contributed by atoms with Gasteiger partial charge in [-0.1, -0.05) is 6.92 Å². The Hall–Kier alpha value is -2.08. The van der Waals surface area contributed by atoms with Gasteiger partial charge in [-0.05, 0) is 18.6 Å². The van der Waals surface area contributed by atoms with Crippen LogP contribution in [0.1, 0.15) is 28.6 Å². The van der Waals surface area contributed by atoms with Crippen molar-refractivity contribution in [3.8, 4) is 11.5 Å². The lowest BCUT2D eigenvalue weighted by molar-refractivity contribution is -0.141. The topological polar surface area (TPSA) is 83.8 Å². The zero-order chi connectivity index (χ0) is 15.7. The number of hydrogen-bond donors (Lipinski definition) is 2. The molecular formula is C15H16O5S. The van der Waals surface area contributed by atoms with E-state index < -0.39 is 11.9 Å². The summed E-state index contributed by atoms with van der Waals surface area (Å²) in [4.78, 5) is 23.6. The van der Waals surface area contributed by atoms with Gasteiger partial charge in [0.1, 0.15) is 0 Å². The number of carboxylic acids is 1. The van der Waals surface area contributed by atoms with E-state index >= 15 is 0 Å². The normalized spacial score (nSPS) is 12.3. The second-order valence-corrected chi connectivity index (χ2v) is 6.00. The number of thiophene rings is 1. The Morgan fingerprint density at radius 2 is 2.05 bits per heavy atom. The molecule has 6 heteroatoms. The third-order valence-corrected chi connectivity index (χ3v) is 4.70. The van der Waals surface area contributed by atoms with Crippen molar-refractivity contribution in [2.75, 3.05) is 7.11 Å². The maximum Gasteiger partial charge on any atom is 0.306 e. The van der Waals surface area contributed by atoms with Gasteiger partial charge in [0.05, 0.1) is 17.9 Å². The number of rotatable bonds is 5. The molecule has 0 aliphatic rings. The quantitative estimate of drug-likeness (QED) is 0.829. The van der Waals surface area contributed by atoms with E-state index in [1.54, 1.807) is 19.1 Å². The van der Waals surface area contributed by atoms with Crippen molar-refractivity contribution in [3.05, 3.63) is 22.6 Å². The van der Waals surface area contributed by atoms with Crippen molar-refractivity contribution in [2.45, 2.75) is 20.3 Å². The Kier molecular flexibility index (Phi) is 4.18. The van der Waals surface area contributed by atoms with Crippen molar-refractivity contribution >= 4 is 33.2 Å². The number of hydrogen-bond acceptors (Lipinski definition) is 5. The zero-order valence-electron chi connectivity index (χ0n) is 12.0. The minimum atomic E-state index is -0.985. The van der Waals surface area contributed by atoms with Crippen molar-refractivity contribution in [1.82, 2.24) is 0 Å². The molecule has 1 aromatic carbocycles. The lowest BCUT2D eigenvalue weighted by atomic mass is 10.0. The average Bonchev–Trinajstić information content (AvgIpc) is 2.74. The lowest BCUT2D eigenvalue weighted by Gasteiger charge is -2.04. The van der Waals surface area contributed by atoms with E-state index in [0.717, 1.165) is 15.6 Å². The summed E-state index contributed by atoms with van der Waals surface area (Å²) in [5.41, 5.74) is 0.760. The van der Waals surface area contributed by atoms with Crippen LogP contribution in [0, 0.1) is 12.8 Å². The van der Waals surface area contributed by atoms with Gasteiger partial charge in [0, 0.05) is 22.6 Å². The average molecular weight is 308 g/mol. The molecule has 0 fully saturated rings. The van der Waals surface area contributed by atoms with Crippen molar-refractivity contribution in [2.24, 2.45) is 5.92 Å². The van der Waals surface area contributed by atoms with Gasteiger partial charge in [-0.3, -0.25) is 9.59 Å². The first-order chi connectivity index (χ1) is 9.85. The molecule has 0 amide bonds. The molecule has 2 aromatic rings. The van der Waals surface area contributed by atoms with Crippen LogP contribution >= 0.6 is 11.3 Å². The van der Waals surface area contributed by atoms with Crippen LogP contribution in [0.5, 0.6) is 11.5 Å². The number of Topliss-reactive ketones (excluding diaryl/α,β-unsaturated/α-hetero) is 1. The second kappa shape index (κ2) is 5.73. The van der Waals surface area contributed by atoms with Gasteiger partial charge in [0.15, 0.2) is 17.3 Å². The number of methoxy groups -OCH3 is 1. The number of carbonyl (C=O) groups excluding carboxylic acids is 1. The minimum Gasteiger partial charge on any atom is -0.504 e. The zero-order valence-corrected chi connectivity index (χ0v) is 12.8. The Bertz CT molecular complexity index is 716. The van der Waals surface area contributed by atoms with Crippen LogP contribution in [-0.4, -0.2) is 29.1 Å². The number of benzene rings is 1. The molecule has 112 valence electrons. The highest BCUT2D eigenvalue weighted by Gasteiger charge is 2.22. The maximum absolute atomic E-state index is 12.2. The number of ether oxygens (including phenoxy) is 1. The molecule has 0 spiro atoms. The summed E-state index contributed by atoms with van der Waals surface area (Å²) in [6.45, 7) is 3.31. The third kappa shape index (κ3) is 2.85. The fourth-order valence-electron chi connectivity index (χ4n) is 2.12. The monoisotopic (exact) mass is 308 g/mol. The highest BCUT2D eigenvalue weighted by atomic mass is 32.1. The van der Waals surface area contributed by atoms with Crippen LogP contribution < -0.4 is 4.74 Å². The summed E-state index contributed by atoms with van der Waals surface area (Å²) in [6.07, 6.45) is -0.0356. The molecule has 0 aliphatic carbocycles. The molecule has 1 aromatic heterocycles. The predicted molar refractivity (Wildman–Crippen MR) is 80.5 cm³/mol. The molecule has 0 bridgehead atoms. The van der Waals surface area contributed by atoms with Crippen molar-refractivity contribution in [1.29, 1.82) is 0 Å².